The van der Waals surface area contributed by atoms with E-state index >= 15 is 0 Å². The molecule has 14 heavy (non-hydrogen) atoms. The van der Waals surface area contributed by atoms with E-state index in [2.05, 4.69) is 4.98 Å². The van der Waals surface area contributed by atoms with E-state index in [9.17, 15) is 18.9 Å². The Labute approximate surface area is 82.7 Å². The Balaban J connectivity index is 3.20. The van der Waals surface area contributed by atoms with Crippen molar-refractivity contribution in [2.75, 3.05) is 0 Å². The molecule has 1 aromatic rings. The van der Waals surface area contributed by atoms with Crippen LogP contribution in [0.5, 0.6) is 0 Å². The van der Waals surface area contributed by atoms with Gasteiger partial charge in [0.2, 0.25) is 5.69 Å². The molecule has 1 rings (SSSR count). The average Bonchev–Trinajstić information content (AvgIpc) is 2.16. The zero-order chi connectivity index (χ0) is 10.7. The molecule has 4 nitrogen and oxygen atoms in total. The van der Waals surface area contributed by atoms with E-state index in [0.29, 0.717) is 0 Å². The van der Waals surface area contributed by atoms with E-state index < -0.39 is 22.9 Å². The molecule has 0 aliphatic carbocycles. The van der Waals surface area contributed by atoms with Crippen molar-refractivity contribution in [2.24, 2.45) is 0 Å². The highest BCUT2D eigenvalue weighted by molar-refractivity contribution is 6.17. The Morgan fingerprint density at radius 2 is 2.21 bits per heavy atom. The van der Waals surface area contributed by atoms with Gasteiger partial charge < -0.3 is 10.1 Å². The Bertz CT molecular complexity index is 360. The predicted molar refractivity (Wildman–Crippen MR) is 45.4 cm³/mol. The van der Waals surface area contributed by atoms with Crippen LogP contribution in [-0.2, 0) is 5.88 Å². The molecule has 0 bridgehead atoms. The first-order valence-corrected chi connectivity index (χ1v) is 4.08. The first kappa shape index (κ1) is 10.8. The van der Waals surface area contributed by atoms with Crippen LogP contribution in [0.4, 0.5) is 14.6 Å². The SMILES string of the molecule is O=[N+]([O-])c1ccc(CCl)c(C(F)F)n1. The van der Waals surface area contributed by atoms with Crippen LogP contribution in [-0.4, -0.2) is 9.91 Å². The molecule has 1 heterocycles. The van der Waals surface area contributed by atoms with Gasteiger partial charge in [0.1, 0.15) is 0 Å². The monoisotopic (exact) mass is 222 g/mol. The molecule has 1 aromatic heterocycles. The topological polar surface area (TPSA) is 56.0 Å². The summed E-state index contributed by atoms with van der Waals surface area (Å²) in [7, 11) is 0. The molecular formula is C7H5ClF2N2O2. The van der Waals surface area contributed by atoms with Gasteiger partial charge in [-0.1, -0.05) is 0 Å². The minimum atomic E-state index is -2.86. The van der Waals surface area contributed by atoms with Crippen LogP contribution >= 0.6 is 11.6 Å². The van der Waals surface area contributed by atoms with Crippen LogP contribution in [0.1, 0.15) is 17.7 Å². The minimum Gasteiger partial charge on any atom is -0.358 e. The summed E-state index contributed by atoms with van der Waals surface area (Å²) in [5, 5.41) is 10.2. The van der Waals surface area contributed by atoms with Crippen molar-refractivity contribution in [1.29, 1.82) is 0 Å². The fraction of sp³-hybridized carbons (Fsp3) is 0.286. The zero-order valence-electron chi connectivity index (χ0n) is 6.78. The molecule has 76 valence electrons. The number of hydrogen-bond donors (Lipinski definition) is 0. The lowest BCUT2D eigenvalue weighted by atomic mass is 10.2. The van der Waals surface area contributed by atoms with Gasteiger partial charge in [-0.15, -0.1) is 11.6 Å². The van der Waals surface area contributed by atoms with E-state index in [4.69, 9.17) is 11.6 Å². The molecule has 0 unspecified atom stereocenters. The van der Waals surface area contributed by atoms with E-state index in [1.807, 2.05) is 0 Å². The summed E-state index contributed by atoms with van der Waals surface area (Å²) in [6.07, 6.45) is -2.86. The lowest BCUT2D eigenvalue weighted by Crippen LogP contribution is -2.00. The number of alkyl halides is 3. The Hall–Kier alpha value is -1.30. The van der Waals surface area contributed by atoms with Crippen molar-refractivity contribution < 1.29 is 13.7 Å². The third-order valence-corrected chi connectivity index (χ3v) is 1.82. The third kappa shape index (κ3) is 2.14. The summed E-state index contributed by atoms with van der Waals surface area (Å²) >= 11 is 5.36. The maximum atomic E-state index is 12.3. The number of nitrogens with zero attached hydrogens (tertiary/aromatic N) is 2. The van der Waals surface area contributed by atoms with E-state index in [-0.39, 0.29) is 11.4 Å². The second-order valence-electron chi connectivity index (χ2n) is 2.41. The van der Waals surface area contributed by atoms with Crippen LogP contribution in [0.2, 0.25) is 0 Å². The zero-order valence-corrected chi connectivity index (χ0v) is 7.54. The molecule has 7 heteroatoms. The molecule has 0 saturated carbocycles. The summed E-state index contributed by atoms with van der Waals surface area (Å²) < 4.78 is 24.6. The summed E-state index contributed by atoms with van der Waals surface area (Å²) in [4.78, 5) is 12.6. The number of rotatable bonds is 3. The number of aromatic nitrogens is 1. The first-order chi connectivity index (χ1) is 6.56. The second-order valence-corrected chi connectivity index (χ2v) is 2.67. The maximum absolute atomic E-state index is 12.3. The van der Waals surface area contributed by atoms with Crippen LogP contribution in [0.3, 0.4) is 0 Å². The number of halogens is 3. The predicted octanol–water partition coefficient (Wildman–Crippen LogP) is 2.67. The van der Waals surface area contributed by atoms with Crippen molar-refractivity contribution in [3.63, 3.8) is 0 Å². The van der Waals surface area contributed by atoms with Crippen molar-refractivity contribution in [3.8, 4) is 0 Å². The molecule has 0 N–H and O–H groups in total. The van der Waals surface area contributed by atoms with Crippen molar-refractivity contribution in [3.05, 3.63) is 33.5 Å². The summed E-state index contributed by atoms with van der Waals surface area (Å²) in [5.41, 5.74) is -0.526. The van der Waals surface area contributed by atoms with Gasteiger partial charge in [-0.2, -0.15) is 0 Å². The average molecular weight is 223 g/mol. The van der Waals surface area contributed by atoms with E-state index in [1.165, 1.54) is 6.07 Å². The lowest BCUT2D eigenvalue weighted by Gasteiger charge is -2.00. The van der Waals surface area contributed by atoms with Gasteiger partial charge in [0, 0.05) is 11.6 Å². The molecule has 0 aliphatic rings. The maximum Gasteiger partial charge on any atom is 0.363 e. The molecule has 0 aliphatic heterocycles. The molecule has 0 spiro atoms. The molecule has 0 saturated heterocycles. The smallest absolute Gasteiger partial charge is 0.358 e. The van der Waals surface area contributed by atoms with Crippen molar-refractivity contribution >= 4 is 17.4 Å². The minimum absolute atomic E-state index is 0.104. The summed E-state index contributed by atoms with van der Waals surface area (Å²) in [6.45, 7) is 0. The van der Waals surface area contributed by atoms with Crippen LogP contribution < -0.4 is 0 Å². The third-order valence-electron chi connectivity index (χ3n) is 1.54. The van der Waals surface area contributed by atoms with Gasteiger partial charge in [0.25, 0.3) is 0 Å². The Morgan fingerprint density at radius 3 is 2.64 bits per heavy atom. The highest BCUT2D eigenvalue weighted by atomic mass is 35.5. The Morgan fingerprint density at radius 1 is 1.57 bits per heavy atom. The van der Waals surface area contributed by atoms with Gasteiger partial charge in [-0.25, -0.2) is 8.78 Å². The van der Waals surface area contributed by atoms with Crippen molar-refractivity contribution in [2.45, 2.75) is 12.3 Å². The number of pyridine rings is 1. The van der Waals surface area contributed by atoms with Crippen LogP contribution in [0.25, 0.3) is 0 Å². The molecule has 0 radical (unpaired) electrons. The summed E-state index contributed by atoms with van der Waals surface area (Å²) in [6, 6.07) is 2.23. The normalized spacial score (nSPS) is 10.6. The Kier molecular flexibility index (Phi) is 3.29. The molecule has 0 aromatic carbocycles. The molecular weight excluding hydrogens is 218 g/mol. The summed E-state index contributed by atoms with van der Waals surface area (Å²) in [5.74, 6) is -0.751. The van der Waals surface area contributed by atoms with Crippen LogP contribution in [0.15, 0.2) is 12.1 Å². The number of nitro groups is 1. The van der Waals surface area contributed by atoms with Crippen molar-refractivity contribution in [1.82, 2.24) is 4.98 Å². The van der Waals surface area contributed by atoms with Gasteiger partial charge >= 0.3 is 12.2 Å². The van der Waals surface area contributed by atoms with Crippen LogP contribution in [0, 0.1) is 10.1 Å². The van der Waals surface area contributed by atoms with E-state index in [1.54, 1.807) is 0 Å². The largest absolute Gasteiger partial charge is 0.363 e. The highest BCUT2D eigenvalue weighted by Crippen LogP contribution is 2.24. The van der Waals surface area contributed by atoms with Gasteiger partial charge in [-0.3, -0.25) is 0 Å². The quantitative estimate of drug-likeness (QED) is 0.449. The molecule has 0 amide bonds. The molecule has 0 atom stereocenters. The fourth-order valence-electron chi connectivity index (χ4n) is 0.897. The highest BCUT2D eigenvalue weighted by Gasteiger charge is 2.22. The first-order valence-electron chi connectivity index (χ1n) is 3.54. The van der Waals surface area contributed by atoms with Gasteiger partial charge in [0.05, 0.1) is 5.88 Å². The lowest BCUT2D eigenvalue weighted by molar-refractivity contribution is -0.389. The fourth-order valence-corrected chi connectivity index (χ4v) is 1.12. The molecule has 0 fully saturated rings. The second kappa shape index (κ2) is 4.28. The standard InChI is InChI=1S/C7H5ClF2N2O2/c8-3-4-1-2-5(12(13)14)11-6(4)7(9)10/h1-2,7H,3H2. The van der Waals surface area contributed by atoms with Gasteiger partial charge in [-0.05, 0) is 16.0 Å². The van der Waals surface area contributed by atoms with Gasteiger partial charge in [0.15, 0.2) is 0 Å². The van der Waals surface area contributed by atoms with E-state index in [0.717, 1.165) is 6.07 Å². The number of hydrogen-bond acceptors (Lipinski definition) is 3.